The van der Waals surface area contributed by atoms with Crippen molar-refractivity contribution in [1.82, 2.24) is 0 Å². The zero-order valence-corrected chi connectivity index (χ0v) is 13.8. The third kappa shape index (κ3) is 3.81. The molecular formula is C16H16N2O4S. The van der Waals surface area contributed by atoms with Crippen molar-refractivity contribution in [3.63, 3.8) is 0 Å². The van der Waals surface area contributed by atoms with Gasteiger partial charge in [-0.2, -0.15) is 12.8 Å². The van der Waals surface area contributed by atoms with Crippen LogP contribution < -0.4 is 0 Å². The summed E-state index contributed by atoms with van der Waals surface area (Å²) >= 11 is 0. The van der Waals surface area contributed by atoms with E-state index in [2.05, 4.69) is 4.40 Å². The van der Waals surface area contributed by atoms with E-state index in [4.69, 9.17) is 0 Å². The van der Waals surface area contributed by atoms with Crippen molar-refractivity contribution in [1.29, 1.82) is 0 Å². The summed E-state index contributed by atoms with van der Waals surface area (Å²) in [5.74, 6) is 0. The van der Waals surface area contributed by atoms with Crippen LogP contribution in [0.5, 0.6) is 0 Å². The lowest BCUT2D eigenvalue weighted by atomic mass is 10.1. The lowest BCUT2D eigenvalue weighted by Gasteiger charge is -2.08. The Bertz CT molecular complexity index is 862. The van der Waals surface area contributed by atoms with Gasteiger partial charge in [-0.3, -0.25) is 10.1 Å². The van der Waals surface area contributed by atoms with E-state index in [9.17, 15) is 18.5 Å². The molecule has 0 saturated heterocycles. The third-order valence-corrected chi connectivity index (χ3v) is 4.85. The fourth-order valence-electron chi connectivity index (χ4n) is 2.44. The number of nitro groups is 1. The number of aryl methyl sites for hydroxylation is 3. The molecule has 0 aliphatic rings. The lowest BCUT2D eigenvalue weighted by Crippen LogP contribution is -2.04. The van der Waals surface area contributed by atoms with E-state index in [1.807, 2.05) is 6.92 Å². The molecular weight excluding hydrogens is 316 g/mol. The summed E-state index contributed by atoms with van der Waals surface area (Å²) in [6, 6.07) is 9.09. The van der Waals surface area contributed by atoms with Crippen LogP contribution >= 0.6 is 0 Å². The second-order valence-electron chi connectivity index (χ2n) is 5.29. The van der Waals surface area contributed by atoms with E-state index in [1.54, 1.807) is 26.0 Å². The summed E-state index contributed by atoms with van der Waals surface area (Å²) in [4.78, 5) is 10.3. The fourth-order valence-corrected chi connectivity index (χ4v) is 3.74. The zero-order chi connectivity index (χ0) is 17.2. The van der Waals surface area contributed by atoms with Crippen molar-refractivity contribution in [2.24, 2.45) is 4.40 Å². The van der Waals surface area contributed by atoms with Crippen molar-refractivity contribution in [2.45, 2.75) is 25.7 Å². The number of benzene rings is 2. The van der Waals surface area contributed by atoms with Crippen LogP contribution in [0.15, 0.2) is 45.7 Å². The molecule has 0 saturated carbocycles. The maximum Gasteiger partial charge on any atom is 0.282 e. The van der Waals surface area contributed by atoms with E-state index in [0.717, 1.165) is 5.56 Å². The highest BCUT2D eigenvalue weighted by molar-refractivity contribution is 7.90. The number of nitro benzene ring substituents is 1. The summed E-state index contributed by atoms with van der Waals surface area (Å²) in [7, 11) is -3.83. The number of hydrogen-bond acceptors (Lipinski definition) is 4. The van der Waals surface area contributed by atoms with Gasteiger partial charge in [0.2, 0.25) is 0 Å². The number of rotatable bonds is 4. The molecule has 0 atom stereocenters. The Labute approximate surface area is 134 Å². The molecule has 0 amide bonds. The van der Waals surface area contributed by atoms with Crippen LogP contribution in [0, 0.1) is 30.9 Å². The minimum Gasteiger partial charge on any atom is -0.258 e. The maximum absolute atomic E-state index is 12.4. The van der Waals surface area contributed by atoms with Gasteiger partial charge in [-0.05, 0) is 49.6 Å². The maximum atomic E-state index is 12.4. The zero-order valence-electron chi connectivity index (χ0n) is 13.0. The van der Waals surface area contributed by atoms with Crippen molar-refractivity contribution in [3.8, 4) is 0 Å². The first-order valence-corrected chi connectivity index (χ1v) is 8.27. The average molecular weight is 332 g/mol. The van der Waals surface area contributed by atoms with E-state index in [1.165, 1.54) is 30.5 Å². The molecule has 120 valence electrons. The summed E-state index contributed by atoms with van der Waals surface area (Å²) < 4.78 is 28.6. The van der Waals surface area contributed by atoms with E-state index in [-0.39, 0.29) is 10.6 Å². The molecule has 0 spiro atoms. The number of hydrogen-bond donors (Lipinski definition) is 0. The molecule has 2 aromatic rings. The van der Waals surface area contributed by atoms with Gasteiger partial charge >= 0.3 is 0 Å². The molecule has 2 aromatic carbocycles. The highest BCUT2D eigenvalue weighted by Crippen LogP contribution is 2.23. The molecule has 0 radical (unpaired) electrons. The second-order valence-corrected chi connectivity index (χ2v) is 6.86. The van der Waals surface area contributed by atoms with Crippen molar-refractivity contribution in [3.05, 3.63) is 68.8 Å². The van der Waals surface area contributed by atoms with Crippen molar-refractivity contribution < 1.29 is 13.3 Å². The Kier molecular flexibility index (Phi) is 4.60. The normalized spacial score (nSPS) is 11.8. The number of sulfonamides is 1. The molecule has 0 N–H and O–H groups in total. The molecule has 0 unspecified atom stereocenters. The quantitative estimate of drug-likeness (QED) is 0.488. The topological polar surface area (TPSA) is 89.6 Å². The molecule has 0 bridgehead atoms. The lowest BCUT2D eigenvalue weighted by molar-refractivity contribution is -0.384. The van der Waals surface area contributed by atoms with Crippen LogP contribution in [0.1, 0.15) is 22.3 Å². The molecule has 0 aliphatic carbocycles. The molecule has 7 heteroatoms. The van der Waals surface area contributed by atoms with Gasteiger partial charge in [-0.15, -0.1) is 0 Å². The first-order chi connectivity index (χ1) is 10.7. The highest BCUT2D eigenvalue weighted by atomic mass is 32.2. The van der Waals surface area contributed by atoms with Crippen LogP contribution in [-0.2, 0) is 10.0 Å². The Morgan fingerprint density at radius 3 is 2.04 bits per heavy atom. The monoisotopic (exact) mass is 332 g/mol. The Morgan fingerprint density at radius 1 is 1.04 bits per heavy atom. The SMILES string of the molecule is Cc1cc(C)c(S(=O)(=O)/N=C\c2ccc([N+](=O)[O-])cc2)c(C)c1. The first kappa shape index (κ1) is 16.8. The van der Waals surface area contributed by atoms with E-state index >= 15 is 0 Å². The number of non-ortho nitro benzene ring substituents is 1. The van der Waals surface area contributed by atoms with Gasteiger partial charge in [0.05, 0.1) is 9.82 Å². The van der Waals surface area contributed by atoms with E-state index < -0.39 is 14.9 Å². The predicted molar refractivity (Wildman–Crippen MR) is 88.5 cm³/mol. The van der Waals surface area contributed by atoms with Gasteiger partial charge in [-0.25, -0.2) is 0 Å². The van der Waals surface area contributed by atoms with E-state index in [0.29, 0.717) is 16.7 Å². The van der Waals surface area contributed by atoms with Crippen molar-refractivity contribution in [2.75, 3.05) is 0 Å². The van der Waals surface area contributed by atoms with Gasteiger partial charge in [-0.1, -0.05) is 17.7 Å². The largest absolute Gasteiger partial charge is 0.282 e. The molecule has 0 aromatic heterocycles. The first-order valence-electron chi connectivity index (χ1n) is 6.83. The molecule has 2 rings (SSSR count). The van der Waals surface area contributed by atoms with Gasteiger partial charge < -0.3 is 0 Å². The number of nitrogens with zero attached hydrogens (tertiary/aromatic N) is 2. The molecule has 0 heterocycles. The molecule has 0 fully saturated rings. The van der Waals surface area contributed by atoms with Crippen molar-refractivity contribution >= 4 is 21.9 Å². The minimum atomic E-state index is -3.83. The van der Waals surface area contributed by atoms with Crippen LogP contribution in [0.2, 0.25) is 0 Å². The van der Waals surface area contributed by atoms with Gasteiger partial charge in [0, 0.05) is 18.3 Å². The minimum absolute atomic E-state index is 0.0600. The fraction of sp³-hybridized carbons (Fsp3) is 0.188. The van der Waals surface area contributed by atoms with Crippen LogP contribution in [0.25, 0.3) is 0 Å². The Balaban J connectivity index is 2.36. The molecule has 6 nitrogen and oxygen atoms in total. The molecule has 23 heavy (non-hydrogen) atoms. The summed E-state index contributed by atoms with van der Waals surface area (Å²) in [6.45, 7) is 5.36. The van der Waals surface area contributed by atoms with Crippen LogP contribution in [0.3, 0.4) is 0 Å². The van der Waals surface area contributed by atoms with Gasteiger partial charge in [0.25, 0.3) is 15.7 Å². The second kappa shape index (κ2) is 6.29. The smallest absolute Gasteiger partial charge is 0.258 e. The third-order valence-electron chi connectivity index (χ3n) is 3.31. The van der Waals surface area contributed by atoms with Gasteiger partial charge in [0.15, 0.2) is 0 Å². The van der Waals surface area contributed by atoms with Crippen LogP contribution in [-0.4, -0.2) is 19.6 Å². The predicted octanol–water partition coefficient (Wildman–Crippen LogP) is 3.33. The average Bonchev–Trinajstić information content (AvgIpc) is 2.44. The standard InChI is InChI=1S/C16H16N2O4S/c1-11-8-12(2)16(13(3)9-11)23(21,22)17-10-14-4-6-15(7-5-14)18(19)20/h4-10H,1-3H3/b17-10-. The summed E-state index contributed by atoms with van der Waals surface area (Å²) in [5.41, 5.74) is 2.68. The summed E-state index contributed by atoms with van der Waals surface area (Å²) in [6.07, 6.45) is 1.19. The Morgan fingerprint density at radius 2 is 1.57 bits per heavy atom. The molecule has 0 aliphatic heterocycles. The Hall–Kier alpha value is -2.54. The van der Waals surface area contributed by atoms with Crippen LogP contribution in [0.4, 0.5) is 5.69 Å². The highest BCUT2D eigenvalue weighted by Gasteiger charge is 2.18. The van der Waals surface area contributed by atoms with Gasteiger partial charge in [0.1, 0.15) is 0 Å². The summed E-state index contributed by atoms with van der Waals surface area (Å²) in [5, 5.41) is 10.6.